The van der Waals surface area contributed by atoms with Crippen molar-refractivity contribution in [2.75, 3.05) is 6.61 Å². The van der Waals surface area contributed by atoms with Gasteiger partial charge in [0.15, 0.2) is 0 Å². The van der Waals surface area contributed by atoms with E-state index < -0.39 is 0 Å². The number of rotatable bonds is 6. The molecule has 2 heteroatoms. The monoisotopic (exact) mass is 240 g/mol. The first-order valence-corrected chi connectivity index (χ1v) is 6.49. The lowest BCUT2D eigenvalue weighted by Gasteiger charge is -2.17. The van der Waals surface area contributed by atoms with Crippen molar-refractivity contribution in [2.24, 2.45) is 0 Å². The largest absolute Gasteiger partial charge is 0.494 e. The van der Waals surface area contributed by atoms with E-state index in [1.54, 1.807) is 0 Å². The summed E-state index contributed by atoms with van der Waals surface area (Å²) in [5.74, 6) is 1.34. The van der Waals surface area contributed by atoms with Crippen LogP contribution in [0.1, 0.15) is 45.1 Å². The van der Waals surface area contributed by atoms with Crippen LogP contribution >= 0.6 is 11.6 Å². The highest BCUT2D eigenvalue weighted by atomic mass is 35.5. The molecule has 1 nitrogen and oxygen atoms in total. The molecule has 90 valence electrons. The van der Waals surface area contributed by atoms with Gasteiger partial charge in [-0.3, -0.25) is 0 Å². The fourth-order valence-electron chi connectivity index (χ4n) is 1.65. The average Bonchev–Trinajstić information content (AvgIpc) is 2.35. The Bertz CT molecular complexity index is 294. The van der Waals surface area contributed by atoms with Crippen molar-refractivity contribution in [3.05, 3.63) is 29.8 Å². The topological polar surface area (TPSA) is 9.23 Å². The zero-order valence-electron chi connectivity index (χ0n) is 10.4. The Kier molecular flexibility index (Phi) is 5.68. The average molecular weight is 241 g/mol. The molecule has 2 atom stereocenters. The number of benzene rings is 1. The minimum Gasteiger partial charge on any atom is -0.494 e. The summed E-state index contributed by atoms with van der Waals surface area (Å²) in [7, 11) is 0. The van der Waals surface area contributed by atoms with Crippen LogP contribution in [-0.4, -0.2) is 12.0 Å². The third-order valence-electron chi connectivity index (χ3n) is 2.81. The third-order valence-corrected chi connectivity index (χ3v) is 3.50. The highest BCUT2D eigenvalue weighted by molar-refractivity contribution is 6.21. The van der Waals surface area contributed by atoms with Crippen molar-refractivity contribution in [1.29, 1.82) is 0 Å². The van der Waals surface area contributed by atoms with E-state index in [0.717, 1.165) is 25.2 Å². The van der Waals surface area contributed by atoms with Gasteiger partial charge in [0.1, 0.15) is 5.75 Å². The predicted octanol–water partition coefficient (Wildman–Crippen LogP) is 4.60. The van der Waals surface area contributed by atoms with E-state index >= 15 is 0 Å². The van der Waals surface area contributed by atoms with Gasteiger partial charge in [-0.25, -0.2) is 0 Å². The van der Waals surface area contributed by atoms with Crippen LogP contribution in [0.15, 0.2) is 24.3 Å². The minimum absolute atomic E-state index is 0.211. The summed E-state index contributed by atoms with van der Waals surface area (Å²) in [5.41, 5.74) is 1.28. The van der Waals surface area contributed by atoms with Crippen molar-refractivity contribution in [2.45, 2.75) is 44.9 Å². The number of ether oxygens (including phenoxy) is 1. The van der Waals surface area contributed by atoms with Crippen molar-refractivity contribution in [3.63, 3.8) is 0 Å². The first kappa shape index (κ1) is 13.4. The molecule has 16 heavy (non-hydrogen) atoms. The highest BCUT2D eigenvalue weighted by Crippen LogP contribution is 2.26. The van der Waals surface area contributed by atoms with Crippen molar-refractivity contribution in [1.82, 2.24) is 0 Å². The summed E-state index contributed by atoms with van der Waals surface area (Å²) in [6.07, 6.45) is 2.04. The molecule has 0 radical (unpaired) electrons. The standard InChI is InChI=1S/C14H21ClO/c1-4-10-16-13-8-6-12(7-9-13)11(3)14(15)5-2/h6-9,11,14H,4-5,10H2,1-3H3. The van der Waals surface area contributed by atoms with Crippen LogP contribution < -0.4 is 4.74 Å². The summed E-state index contributed by atoms with van der Waals surface area (Å²) >= 11 is 6.24. The van der Waals surface area contributed by atoms with Crippen LogP contribution in [-0.2, 0) is 0 Å². The Morgan fingerprint density at radius 3 is 2.31 bits per heavy atom. The van der Waals surface area contributed by atoms with Gasteiger partial charge in [-0.2, -0.15) is 0 Å². The molecule has 0 aromatic heterocycles. The molecule has 1 aromatic rings. The van der Waals surface area contributed by atoms with Crippen LogP contribution in [0.25, 0.3) is 0 Å². The molecule has 1 aromatic carbocycles. The maximum absolute atomic E-state index is 6.24. The lowest BCUT2D eigenvalue weighted by Crippen LogP contribution is -2.08. The van der Waals surface area contributed by atoms with Crippen LogP contribution in [0.3, 0.4) is 0 Å². The first-order valence-electron chi connectivity index (χ1n) is 6.05. The van der Waals surface area contributed by atoms with E-state index in [9.17, 15) is 0 Å². The lowest BCUT2D eigenvalue weighted by atomic mass is 9.96. The molecule has 0 spiro atoms. The molecular formula is C14H21ClO. The summed E-state index contributed by atoms with van der Waals surface area (Å²) < 4.78 is 5.54. The Morgan fingerprint density at radius 1 is 1.19 bits per heavy atom. The number of hydrogen-bond acceptors (Lipinski definition) is 1. The molecule has 0 N–H and O–H groups in total. The van der Waals surface area contributed by atoms with Crippen molar-refractivity contribution < 1.29 is 4.74 Å². The van der Waals surface area contributed by atoms with E-state index in [2.05, 4.69) is 32.9 Å². The molecule has 1 rings (SSSR count). The lowest BCUT2D eigenvalue weighted by molar-refractivity contribution is 0.317. The second-order valence-corrected chi connectivity index (χ2v) is 4.69. The van der Waals surface area contributed by atoms with Crippen LogP contribution in [0.4, 0.5) is 0 Å². The maximum Gasteiger partial charge on any atom is 0.119 e. The Morgan fingerprint density at radius 2 is 1.81 bits per heavy atom. The molecule has 2 unspecified atom stereocenters. The Labute approximate surface area is 104 Å². The van der Waals surface area contributed by atoms with Gasteiger partial charge in [0.05, 0.1) is 6.61 Å². The fraction of sp³-hybridized carbons (Fsp3) is 0.571. The third kappa shape index (κ3) is 3.71. The van der Waals surface area contributed by atoms with Gasteiger partial charge in [-0.05, 0) is 36.5 Å². The first-order chi connectivity index (χ1) is 7.69. The SMILES string of the molecule is CCCOc1ccc(C(C)C(Cl)CC)cc1. The molecule has 0 aliphatic heterocycles. The van der Waals surface area contributed by atoms with Gasteiger partial charge >= 0.3 is 0 Å². The number of halogens is 1. The van der Waals surface area contributed by atoms with Crippen LogP contribution in [0.2, 0.25) is 0 Å². The molecular weight excluding hydrogens is 220 g/mol. The van der Waals surface area contributed by atoms with Gasteiger partial charge < -0.3 is 4.74 Å². The number of hydrogen-bond donors (Lipinski definition) is 0. The maximum atomic E-state index is 6.24. The van der Waals surface area contributed by atoms with Gasteiger partial charge in [-0.15, -0.1) is 11.6 Å². The van der Waals surface area contributed by atoms with E-state index in [0.29, 0.717) is 5.92 Å². The van der Waals surface area contributed by atoms with Gasteiger partial charge in [0.2, 0.25) is 0 Å². The van der Waals surface area contributed by atoms with Crippen molar-refractivity contribution >= 4 is 11.6 Å². The molecule has 0 amide bonds. The summed E-state index contributed by atoms with van der Waals surface area (Å²) in [4.78, 5) is 0. The summed E-state index contributed by atoms with van der Waals surface area (Å²) in [5, 5.41) is 0.211. The number of alkyl halides is 1. The molecule has 0 bridgehead atoms. The summed E-state index contributed by atoms with van der Waals surface area (Å²) in [6, 6.07) is 8.28. The van der Waals surface area contributed by atoms with Crippen LogP contribution in [0, 0.1) is 0 Å². The zero-order valence-corrected chi connectivity index (χ0v) is 11.1. The fourth-order valence-corrected chi connectivity index (χ4v) is 1.80. The Balaban J connectivity index is 2.63. The highest BCUT2D eigenvalue weighted by Gasteiger charge is 2.14. The minimum atomic E-state index is 0.211. The smallest absolute Gasteiger partial charge is 0.119 e. The van der Waals surface area contributed by atoms with Crippen molar-refractivity contribution in [3.8, 4) is 5.75 Å². The molecule has 0 saturated heterocycles. The van der Waals surface area contributed by atoms with E-state index in [1.807, 2.05) is 12.1 Å². The quantitative estimate of drug-likeness (QED) is 0.661. The van der Waals surface area contributed by atoms with E-state index in [-0.39, 0.29) is 5.38 Å². The normalized spacial score (nSPS) is 14.5. The summed E-state index contributed by atoms with van der Waals surface area (Å²) in [6.45, 7) is 7.17. The second kappa shape index (κ2) is 6.80. The second-order valence-electron chi connectivity index (χ2n) is 4.13. The Hall–Kier alpha value is -0.690. The molecule has 0 heterocycles. The van der Waals surface area contributed by atoms with E-state index in [1.165, 1.54) is 5.56 Å². The molecule has 0 aliphatic carbocycles. The predicted molar refractivity (Wildman–Crippen MR) is 70.6 cm³/mol. The van der Waals surface area contributed by atoms with Gasteiger partial charge in [0, 0.05) is 5.38 Å². The van der Waals surface area contributed by atoms with Gasteiger partial charge in [-0.1, -0.05) is 32.9 Å². The zero-order chi connectivity index (χ0) is 12.0. The molecule has 0 saturated carbocycles. The van der Waals surface area contributed by atoms with Crippen LogP contribution in [0.5, 0.6) is 5.75 Å². The van der Waals surface area contributed by atoms with E-state index in [4.69, 9.17) is 16.3 Å². The molecule has 0 aliphatic rings. The molecule has 0 fully saturated rings. The van der Waals surface area contributed by atoms with Gasteiger partial charge in [0.25, 0.3) is 0 Å².